The van der Waals surface area contributed by atoms with E-state index in [1.807, 2.05) is 33.8 Å². The first kappa shape index (κ1) is 21.6. The maximum Gasteiger partial charge on any atom is 0.180 e. The summed E-state index contributed by atoms with van der Waals surface area (Å²) < 4.78 is 5.69. The average Bonchev–Trinajstić information content (AvgIpc) is 2.67. The number of ether oxygens (including phenoxy) is 1. The monoisotopic (exact) mass is 322 g/mol. The van der Waals surface area contributed by atoms with E-state index in [4.69, 9.17) is 4.74 Å². The standard InChI is InChI=1S/C15H26N2O.C5H12/c1-8-14-9-13(10-17(14)11(2)3)16-12(4)18-15(5,6)7;1-5(2,3)4/h8,13-14,16H,1-2,4,9-10H2,3,5-7H3;1-4H3/t13-,14+;/m0./s1. The molecule has 1 rings (SSSR count). The molecule has 0 aromatic carbocycles. The molecule has 0 saturated carbocycles. The molecule has 1 aliphatic rings. The molecule has 3 nitrogen and oxygen atoms in total. The predicted molar refractivity (Wildman–Crippen MR) is 102 cm³/mol. The lowest BCUT2D eigenvalue weighted by Gasteiger charge is -2.26. The van der Waals surface area contributed by atoms with E-state index in [1.165, 1.54) is 0 Å². The number of nitrogens with zero attached hydrogens (tertiary/aromatic N) is 1. The molecule has 1 saturated heterocycles. The van der Waals surface area contributed by atoms with Gasteiger partial charge in [0.15, 0.2) is 5.88 Å². The van der Waals surface area contributed by atoms with Crippen molar-refractivity contribution in [2.24, 2.45) is 5.41 Å². The molecule has 0 radical (unpaired) electrons. The maximum absolute atomic E-state index is 5.69. The van der Waals surface area contributed by atoms with E-state index in [0.29, 0.717) is 23.4 Å². The smallest absolute Gasteiger partial charge is 0.180 e. The molecule has 0 aliphatic carbocycles. The maximum atomic E-state index is 5.69. The van der Waals surface area contributed by atoms with Crippen LogP contribution in [0.15, 0.2) is 37.4 Å². The van der Waals surface area contributed by atoms with Gasteiger partial charge in [-0.1, -0.05) is 40.3 Å². The predicted octanol–water partition coefficient (Wildman–Crippen LogP) is 5.08. The van der Waals surface area contributed by atoms with E-state index in [1.54, 1.807) is 0 Å². The van der Waals surface area contributed by atoms with Gasteiger partial charge in [-0.15, -0.1) is 6.58 Å². The fourth-order valence-corrected chi connectivity index (χ4v) is 2.26. The largest absolute Gasteiger partial charge is 0.474 e. The van der Waals surface area contributed by atoms with Crippen LogP contribution in [0.4, 0.5) is 0 Å². The lowest BCUT2D eigenvalue weighted by Crippen LogP contribution is -2.34. The van der Waals surface area contributed by atoms with Crippen molar-refractivity contribution in [3.8, 4) is 0 Å². The van der Waals surface area contributed by atoms with Crippen LogP contribution in [0.3, 0.4) is 0 Å². The van der Waals surface area contributed by atoms with Crippen molar-refractivity contribution in [2.75, 3.05) is 6.54 Å². The zero-order valence-corrected chi connectivity index (χ0v) is 16.6. The molecule has 0 amide bonds. The van der Waals surface area contributed by atoms with Crippen LogP contribution in [-0.2, 0) is 4.74 Å². The van der Waals surface area contributed by atoms with Crippen molar-refractivity contribution in [3.05, 3.63) is 37.4 Å². The van der Waals surface area contributed by atoms with E-state index in [-0.39, 0.29) is 5.60 Å². The van der Waals surface area contributed by atoms with E-state index in [0.717, 1.165) is 18.7 Å². The molecule has 0 aromatic rings. The second kappa shape index (κ2) is 8.47. The molecular weight excluding hydrogens is 284 g/mol. The fraction of sp³-hybridized carbons (Fsp3) is 0.700. The van der Waals surface area contributed by atoms with Gasteiger partial charge in [0.1, 0.15) is 5.60 Å². The Morgan fingerprint density at radius 2 is 1.61 bits per heavy atom. The van der Waals surface area contributed by atoms with Crippen molar-refractivity contribution in [1.82, 2.24) is 10.2 Å². The molecule has 0 spiro atoms. The number of rotatable bonds is 5. The van der Waals surface area contributed by atoms with Gasteiger partial charge in [0.05, 0.1) is 0 Å². The van der Waals surface area contributed by atoms with Crippen LogP contribution < -0.4 is 5.32 Å². The normalized spacial score (nSPS) is 21.1. The minimum absolute atomic E-state index is 0.214. The average molecular weight is 323 g/mol. The van der Waals surface area contributed by atoms with Crippen LogP contribution in [-0.4, -0.2) is 29.1 Å². The summed E-state index contributed by atoms with van der Waals surface area (Å²) in [5.74, 6) is 0.638. The van der Waals surface area contributed by atoms with Crippen molar-refractivity contribution in [3.63, 3.8) is 0 Å². The van der Waals surface area contributed by atoms with Gasteiger partial charge in [-0.3, -0.25) is 0 Å². The molecule has 134 valence electrons. The highest BCUT2D eigenvalue weighted by molar-refractivity contribution is 5.08. The summed E-state index contributed by atoms with van der Waals surface area (Å²) in [6, 6.07) is 0.682. The van der Waals surface area contributed by atoms with Crippen molar-refractivity contribution >= 4 is 0 Å². The molecule has 1 fully saturated rings. The highest BCUT2D eigenvalue weighted by Crippen LogP contribution is 2.23. The van der Waals surface area contributed by atoms with Gasteiger partial charge in [-0.25, -0.2) is 0 Å². The summed E-state index contributed by atoms with van der Waals surface area (Å²) in [4.78, 5) is 2.26. The summed E-state index contributed by atoms with van der Waals surface area (Å²) in [6.45, 7) is 29.6. The molecule has 2 atom stereocenters. The van der Waals surface area contributed by atoms with E-state index in [9.17, 15) is 0 Å². The van der Waals surface area contributed by atoms with E-state index >= 15 is 0 Å². The first-order chi connectivity index (χ1) is 10.2. The SMILES string of the molecule is C=C[C@@H]1C[C@H](NC(=C)OC(C)(C)C)CN1C(=C)C.CC(C)(C)C. The Balaban J connectivity index is 0.000000841. The second-order valence-corrected chi connectivity index (χ2v) is 8.91. The minimum atomic E-state index is -0.214. The third kappa shape index (κ3) is 10.9. The van der Waals surface area contributed by atoms with Gasteiger partial charge in [0, 0.05) is 24.3 Å². The zero-order valence-electron chi connectivity index (χ0n) is 16.6. The Morgan fingerprint density at radius 3 is 1.91 bits per heavy atom. The summed E-state index contributed by atoms with van der Waals surface area (Å²) >= 11 is 0. The minimum Gasteiger partial charge on any atom is -0.474 e. The van der Waals surface area contributed by atoms with Crippen LogP contribution in [0.1, 0.15) is 61.8 Å². The van der Waals surface area contributed by atoms with Gasteiger partial charge >= 0.3 is 0 Å². The number of nitrogens with one attached hydrogen (secondary N) is 1. The molecule has 3 heteroatoms. The van der Waals surface area contributed by atoms with Gasteiger partial charge in [0.2, 0.25) is 0 Å². The van der Waals surface area contributed by atoms with Crippen LogP contribution in [0.25, 0.3) is 0 Å². The summed E-state index contributed by atoms with van der Waals surface area (Å²) in [5, 5.41) is 3.34. The first-order valence-electron chi connectivity index (χ1n) is 8.42. The second-order valence-electron chi connectivity index (χ2n) is 8.91. The Kier molecular flexibility index (Phi) is 7.96. The Labute approximate surface area is 144 Å². The Hall–Kier alpha value is -1.38. The number of hydrogen-bond acceptors (Lipinski definition) is 3. The van der Waals surface area contributed by atoms with Crippen molar-refractivity contribution < 1.29 is 4.74 Å². The Bertz CT molecular complexity index is 406. The van der Waals surface area contributed by atoms with Crippen molar-refractivity contribution in [2.45, 2.75) is 79.5 Å². The lowest BCUT2D eigenvalue weighted by atomic mass is 10.0. The molecular formula is C20H38N2O. The third-order valence-corrected chi connectivity index (χ3v) is 2.90. The quantitative estimate of drug-likeness (QED) is 0.564. The van der Waals surface area contributed by atoms with E-state index < -0.39 is 0 Å². The van der Waals surface area contributed by atoms with Gasteiger partial charge in [-0.05, 0) is 46.1 Å². The van der Waals surface area contributed by atoms with Gasteiger partial charge < -0.3 is 15.0 Å². The molecule has 0 aromatic heterocycles. The molecule has 1 aliphatic heterocycles. The first-order valence-corrected chi connectivity index (χ1v) is 8.42. The summed E-state index contributed by atoms with van der Waals surface area (Å²) in [7, 11) is 0. The molecule has 23 heavy (non-hydrogen) atoms. The summed E-state index contributed by atoms with van der Waals surface area (Å²) in [5.41, 5.74) is 1.36. The van der Waals surface area contributed by atoms with Gasteiger partial charge in [-0.2, -0.15) is 0 Å². The number of likely N-dealkylation sites (tertiary alicyclic amines) is 1. The van der Waals surface area contributed by atoms with Crippen LogP contribution in [0, 0.1) is 5.41 Å². The summed E-state index contributed by atoms with van der Waals surface area (Å²) in [6.07, 6.45) is 2.98. The lowest BCUT2D eigenvalue weighted by molar-refractivity contribution is 0.0387. The van der Waals surface area contributed by atoms with Crippen molar-refractivity contribution in [1.29, 1.82) is 0 Å². The number of allylic oxidation sites excluding steroid dienone is 1. The van der Waals surface area contributed by atoms with Crippen LogP contribution in [0.5, 0.6) is 0 Å². The number of hydrogen-bond donors (Lipinski definition) is 1. The molecule has 0 bridgehead atoms. The zero-order chi connectivity index (χ0) is 18.4. The van der Waals surface area contributed by atoms with E-state index in [2.05, 4.69) is 57.6 Å². The topological polar surface area (TPSA) is 24.5 Å². The van der Waals surface area contributed by atoms with Crippen LogP contribution >= 0.6 is 0 Å². The highest BCUT2D eigenvalue weighted by Gasteiger charge is 2.30. The van der Waals surface area contributed by atoms with Crippen LogP contribution in [0.2, 0.25) is 0 Å². The molecule has 1 N–H and O–H groups in total. The highest BCUT2D eigenvalue weighted by atomic mass is 16.5. The Morgan fingerprint density at radius 1 is 1.13 bits per heavy atom. The third-order valence-electron chi connectivity index (χ3n) is 2.90. The molecule has 0 unspecified atom stereocenters. The fourth-order valence-electron chi connectivity index (χ4n) is 2.26. The molecule has 1 heterocycles. The van der Waals surface area contributed by atoms with Gasteiger partial charge in [0.25, 0.3) is 0 Å².